The van der Waals surface area contributed by atoms with Crippen LogP contribution < -0.4 is 4.74 Å². The largest absolute Gasteiger partial charge is 0.459 e. The van der Waals surface area contributed by atoms with Crippen LogP contribution >= 0.6 is 0 Å². The van der Waals surface area contributed by atoms with Crippen LogP contribution in [0, 0.1) is 5.82 Å². The molecule has 1 atom stereocenters. The highest BCUT2D eigenvalue weighted by Crippen LogP contribution is 2.19. The van der Waals surface area contributed by atoms with E-state index >= 15 is 0 Å². The third-order valence-electron chi connectivity index (χ3n) is 4.33. The second-order valence-corrected chi connectivity index (χ2v) is 8.27. The van der Waals surface area contributed by atoms with E-state index in [1.807, 2.05) is 0 Å². The summed E-state index contributed by atoms with van der Waals surface area (Å²) in [6.45, 7) is 0.240. The van der Waals surface area contributed by atoms with Crippen LogP contribution in [0.5, 0.6) is 6.01 Å². The zero-order chi connectivity index (χ0) is 18.7. The lowest BCUT2D eigenvalue weighted by Gasteiger charge is -2.25. The number of amides is 2. The fourth-order valence-electron chi connectivity index (χ4n) is 2.94. The summed E-state index contributed by atoms with van der Waals surface area (Å²) in [6.07, 6.45) is 3.00. The van der Waals surface area contributed by atoms with Crippen molar-refractivity contribution in [2.45, 2.75) is 31.8 Å². The van der Waals surface area contributed by atoms with E-state index in [1.165, 1.54) is 4.31 Å². The summed E-state index contributed by atoms with van der Waals surface area (Å²) in [4.78, 5) is 31.9. The number of carbonyl (C=O) groups excluding carboxylic acids is 2. The number of nitrogens with zero attached hydrogens (tertiary/aromatic N) is 4. The van der Waals surface area contributed by atoms with E-state index in [0.717, 1.165) is 17.3 Å². The first-order valence-corrected chi connectivity index (χ1v) is 9.91. The van der Waals surface area contributed by atoms with Crippen molar-refractivity contribution in [1.29, 1.82) is 0 Å². The fraction of sp³-hybridized carbons (Fsp3) is 0.600. The highest BCUT2D eigenvalue weighted by molar-refractivity contribution is 7.89. The summed E-state index contributed by atoms with van der Waals surface area (Å²) in [5.74, 6) is -1.56. The van der Waals surface area contributed by atoms with E-state index < -0.39 is 21.9 Å². The van der Waals surface area contributed by atoms with Crippen LogP contribution in [0.25, 0.3) is 0 Å². The molecule has 2 amide bonds. The van der Waals surface area contributed by atoms with Gasteiger partial charge >= 0.3 is 6.01 Å². The lowest BCUT2D eigenvalue weighted by atomic mass is 10.1. The number of ether oxygens (including phenoxy) is 1. The molecule has 0 unspecified atom stereocenters. The Hall–Kier alpha value is -2.14. The van der Waals surface area contributed by atoms with Crippen molar-refractivity contribution in [3.63, 3.8) is 0 Å². The van der Waals surface area contributed by atoms with Crippen molar-refractivity contribution < 1.29 is 27.1 Å². The lowest BCUT2D eigenvalue weighted by Crippen LogP contribution is -2.44. The maximum absolute atomic E-state index is 12.8. The van der Waals surface area contributed by atoms with Gasteiger partial charge in [0.2, 0.25) is 21.8 Å². The molecule has 3 rings (SSSR count). The molecule has 26 heavy (non-hydrogen) atoms. The predicted molar refractivity (Wildman–Crippen MR) is 87.0 cm³/mol. The molecule has 2 saturated heterocycles. The highest BCUT2D eigenvalue weighted by atomic mass is 32.2. The quantitative estimate of drug-likeness (QED) is 0.630. The van der Waals surface area contributed by atoms with Crippen molar-refractivity contribution in [1.82, 2.24) is 19.2 Å². The Morgan fingerprint density at radius 3 is 2.50 bits per heavy atom. The van der Waals surface area contributed by atoms with Crippen molar-refractivity contribution in [3.05, 3.63) is 18.2 Å². The van der Waals surface area contributed by atoms with Gasteiger partial charge in [-0.25, -0.2) is 22.8 Å². The van der Waals surface area contributed by atoms with Gasteiger partial charge in [-0.1, -0.05) is 0 Å². The second-order valence-electron chi connectivity index (χ2n) is 6.18. The summed E-state index contributed by atoms with van der Waals surface area (Å²) in [5, 5.41) is 0. The third-order valence-corrected chi connectivity index (χ3v) is 6.14. The topological polar surface area (TPSA) is 110 Å². The molecule has 142 valence electrons. The molecule has 9 nitrogen and oxygen atoms in total. The average Bonchev–Trinajstić information content (AvgIpc) is 3.06. The predicted octanol–water partition coefficient (Wildman–Crippen LogP) is -0.0623. The van der Waals surface area contributed by atoms with E-state index in [9.17, 15) is 22.4 Å². The van der Waals surface area contributed by atoms with Gasteiger partial charge in [0.05, 0.1) is 24.7 Å². The first-order chi connectivity index (χ1) is 12.3. The summed E-state index contributed by atoms with van der Waals surface area (Å²) in [7, 11) is -3.63. The Labute approximate surface area is 150 Å². The van der Waals surface area contributed by atoms with Crippen LogP contribution in [0.4, 0.5) is 4.39 Å². The molecule has 0 bridgehead atoms. The number of aromatic nitrogens is 2. The standard InChI is InChI=1S/C15H19FN4O5S/c16-11-8-17-15(18-9-11)25-12-4-5-19(10-12)26(23,24)7-6-20-13(21)2-1-3-14(20)22/h8-9,12H,1-7,10H2/t12-/m0/s1. The molecule has 11 heteroatoms. The van der Waals surface area contributed by atoms with Gasteiger partial charge in [-0.3, -0.25) is 14.5 Å². The third kappa shape index (κ3) is 4.33. The number of hydrogen-bond acceptors (Lipinski definition) is 7. The number of halogens is 1. The number of hydrogen-bond donors (Lipinski definition) is 0. The van der Waals surface area contributed by atoms with E-state index in [4.69, 9.17) is 4.74 Å². The van der Waals surface area contributed by atoms with Gasteiger partial charge in [-0.15, -0.1) is 0 Å². The fourth-order valence-corrected chi connectivity index (χ4v) is 4.39. The van der Waals surface area contributed by atoms with Crippen molar-refractivity contribution in [2.75, 3.05) is 25.4 Å². The Morgan fingerprint density at radius 1 is 1.19 bits per heavy atom. The molecule has 0 radical (unpaired) electrons. The number of rotatable bonds is 6. The minimum absolute atomic E-state index is 0.0137. The molecule has 2 fully saturated rings. The van der Waals surface area contributed by atoms with Crippen LogP contribution in [0.2, 0.25) is 0 Å². The minimum atomic E-state index is -3.63. The summed E-state index contributed by atoms with van der Waals surface area (Å²) in [5.41, 5.74) is 0. The number of piperidine rings is 1. The smallest absolute Gasteiger partial charge is 0.316 e. The molecule has 1 aromatic rings. The Morgan fingerprint density at radius 2 is 1.85 bits per heavy atom. The molecule has 0 saturated carbocycles. The number of imide groups is 1. The van der Waals surface area contributed by atoms with Crippen molar-refractivity contribution >= 4 is 21.8 Å². The zero-order valence-corrected chi connectivity index (χ0v) is 14.8. The normalized spacial score (nSPS) is 22.0. The van der Waals surface area contributed by atoms with E-state index in [-0.39, 0.29) is 56.1 Å². The van der Waals surface area contributed by atoms with Gasteiger partial charge in [0, 0.05) is 25.9 Å². The maximum Gasteiger partial charge on any atom is 0.316 e. The van der Waals surface area contributed by atoms with Crippen LogP contribution in [0.3, 0.4) is 0 Å². The van der Waals surface area contributed by atoms with Crippen LogP contribution in [0.1, 0.15) is 25.7 Å². The maximum atomic E-state index is 12.8. The van der Waals surface area contributed by atoms with Gasteiger partial charge in [-0.05, 0) is 12.8 Å². The van der Waals surface area contributed by atoms with E-state index in [2.05, 4.69) is 9.97 Å². The average molecular weight is 386 g/mol. The van der Waals surface area contributed by atoms with Crippen molar-refractivity contribution in [2.24, 2.45) is 0 Å². The highest BCUT2D eigenvalue weighted by Gasteiger charge is 2.34. The van der Waals surface area contributed by atoms with E-state index in [0.29, 0.717) is 12.8 Å². The van der Waals surface area contributed by atoms with Crippen molar-refractivity contribution in [3.8, 4) is 6.01 Å². The van der Waals surface area contributed by atoms with Gasteiger partial charge in [0.1, 0.15) is 6.10 Å². The Kier molecular flexibility index (Phi) is 5.47. The number of carbonyl (C=O) groups is 2. The van der Waals surface area contributed by atoms with Gasteiger partial charge in [0.15, 0.2) is 5.82 Å². The van der Waals surface area contributed by atoms with Gasteiger partial charge in [-0.2, -0.15) is 4.31 Å². The van der Waals surface area contributed by atoms with Crippen LogP contribution in [0.15, 0.2) is 12.4 Å². The zero-order valence-electron chi connectivity index (χ0n) is 14.0. The SMILES string of the molecule is O=C1CCCC(=O)N1CCS(=O)(=O)N1CC[C@H](Oc2ncc(F)cn2)C1. The first kappa shape index (κ1) is 18.6. The molecule has 0 spiro atoms. The molecule has 0 aromatic carbocycles. The molecular weight excluding hydrogens is 367 g/mol. The second kappa shape index (κ2) is 7.62. The van der Waals surface area contributed by atoms with Gasteiger partial charge < -0.3 is 4.74 Å². The first-order valence-electron chi connectivity index (χ1n) is 8.30. The number of sulfonamides is 1. The van der Waals surface area contributed by atoms with Crippen LogP contribution in [-0.4, -0.2) is 70.9 Å². The lowest BCUT2D eigenvalue weighted by molar-refractivity contribution is -0.147. The minimum Gasteiger partial charge on any atom is -0.459 e. The molecule has 2 aliphatic rings. The van der Waals surface area contributed by atoms with Gasteiger partial charge in [0.25, 0.3) is 0 Å². The Balaban J connectivity index is 1.54. The van der Waals surface area contributed by atoms with E-state index in [1.54, 1.807) is 0 Å². The number of likely N-dealkylation sites (tertiary alicyclic amines) is 1. The molecule has 0 N–H and O–H groups in total. The molecular formula is C15H19FN4O5S. The monoisotopic (exact) mass is 386 g/mol. The summed E-state index contributed by atoms with van der Waals surface area (Å²) >= 11 is 0. The molecule has 1 aromatic heterocycles. The Bertz CT molecular complexity index is 770. The molecule has 3 heterocycles. The molecule has 2 aliphatic heterocycles. The summed E-state index contributed by atoms with van der Waals surface area (Å²) < 4.78 is 44.5. The summed E-state index contributed by atoms with van der Waals surface area (Å²) in [6, 6.07) is -0.0137. The van der Waals surface area contributed by atoms with Crippen LogP contribution in [-0.2, 0) is 19.6 Å². The molecule has 0 aliphatic carbocycles.